The molecule has 0 heterocycles. The maximum atomic E-state index is 13.0. The van der Waals surface area contributed by atoms with Crippen molar-refractivity contribution in [3.05, 3.63) is 88.9 Å². The van der Waals surface area contributed by atoms with Crippen LogP contribution >= 0.6 is 11.6 Å². The standard InChI is InChI=1S/C28H30ClNO3/c1-19(2)33-28-14-13-25(17-26(28)29)27(32)16-22(18-30-20(3)31)15-21-9-11-24(12-10-21)23-7-5-4-6-8-23/h4-14,17,19,22H,15-16,18H2,1-3H3,(H,30,31)/t22-/m1/s1. The Bertz CT molecular complexity index is 1080. The van der Waals surface area contributed by atoms with Crippen LogP contribution in [-0.2, 0) is 11.2 Å². The molecule has 5 heteroatoms. The van der Waals surface area contributed by atoms with Gasteiger partial charge >= 0.3 is 0 Å². The van der Waals surface area contributed by atoms with E-state index in [-0.39, 0.29) is 23.7 Å². The Kier molecular flexibility index (Phi) is 8.67. The van der Waals surface area contributed by atoms with Crippen LogP contribution in [0.2, 0.25) is 5.02 Å². The van der Waals surface area contributed by atoms with Gasteiger partial charge in [-0.2, -0.15) is 0 Å². The molecular formula is C28H30ClNO3. The number of halogens is 1. The summed E-state index contributed by atoms with van der Waals surface area (Å²) in [7, 11) is 0. The number of hydrogen-bond acceptors (Lipinski definition) is 3. The van der Waals surface area contributed by atoms with Gasteiger partial charge in [0, 0.05) is 25.5 Å². The molecule has 3 rings (SSSR count). The Morgan fingerprint density at radius 3 is 2.21 bits per heavy atom. The number of carbonyl (C=O) groups is 2. The number of ether oxygens (including phenoxy) is 1. The molecule has 3 aromatic carbocycles. The fourth-order valence-corrected chi connectivity index (χ4v) is 3.93. The Hall–Kier alpha value is -3.11. The summed E-state index contributed by atoms with van der Waals surface area (Å²) in [6.07, 6.45) is 0.990. The molecule has 0 unspecified atom stereocenters. The molecule has 172 valence electrons. The van der Waals surface area contributed by atoms with E-state index in [2.05, 4.69) is 41.7 Å². The first kappa shape index (κ1) is 24.5. The van der Waals surface area contributed by atoms with Crippen LogP contribution in [0, 0.1) is 5.92 Å². The van der Waals surface area contributed by atoms with Crippen molar-refractivity contribution in [1.82, 2.24) is 5.32 Å². The highest BCUT2D eigenvalue weighted by molar-refractivity contribution is 6.32. The van der Waals surface area contributed by atoms with Gasteiger partial charge in [0.1, 0.15) is 5.75 Å². The molecule has 1 atom stereocenters. The Morgan fingerprint density at radius 2 is 1.61 bits per heavy atom. The number of nitrogens with one attached hydrogen (secondary N) is 1. The van der Waals surface area contributed by atoms with E-state index in [1.165, 1.54) is 6.92 Å². The van der Waals surface area contributed by atoms with Gasteiger partial charge in [-0.3, -0.25) is 9.59 Å². The fourth-order valence-electron chi connectivity index (χ4n) is 3.71. The molecule has 0 aliphatic rings. The lowest BCUT2D eigenvalue weighted by atomic mass is 9.91. The van der Waals surface area contributed by atoms with Crippen LogP contribution < -0.4 is 10.1 Å². The Balaban J connectivity index is 1.71. The monoisotopic (exact) mass is 463 g/mol. The second-order valence-electron chi connectivity index (χ2n) is 8.51. The van der Waals surface area contributed by atoms with Crippen LogP contribution in [0.4, 0.5) is 0 Å². The minimum Gasteiger partial charge on any atom is -0.489 e. The van der Waals surface area contributed by atoms with Crippen LogP contribution in [0.25, 0.3) is 11.1 Å². The van der Waals surface area contributed by atoms with Crippen molar-refractivity contribution in [2.45, 2.75) is 39.7 Å². The van der Waals surface area contributed by atoms with Crippen molar-refractivity contribution >= 4 is 23.3 Å². The van der Waals surface area contributed by atoms with Gasteiger partial charge < -0.3 is 10.1 Å². The molecule has 4 nitrogen and oxygen atoms in total. The Labute approximate surface area is 200 Å². The molecule has 1 N–H and O–H groups in total. The first-order chi connectivity index (χ1) is 15.8. The Morgan fingerprint density at radius 1 is 0.939 bits per heavy atom. The average Bonchev–Trinajstić information content (AvgIpc) is 2.79. The minimum absolute atomic E-state index is 0.000587. The molecule has 0 saturated heterocycles. The summed E-state index contributed by atoms with van der Waals surface area (Å²) in [5.74, 6) is 0.417. The number of ketones is 1. The van der Waals surface area contributed by atoms with E-state index in [0.717, 1.165) is 16.7 Å². The van der Waals surface area contributed by atoms with Crippen molar-refractivity contribution in [1.29, 1.82) is 0 Å². The zero-order chi connectivity index (χ0) is 23.8. The van der Waals surface area contributed by atoms with Crippen LogP contribution in [0.1, 0.15) is 43.1 Å². The maximum Gasteiger partial charge on any atom is 0.216 e. The summed E-state index contributed by atoms with van der Waals surface area (Å²) in [6, 6.07) is 23.7. The second-order valence-corrected chi connectivity index (χ2v) is 8.92. The lowest BCUT2D eigenvalue weighted by Gasteiger charge is -2.18. The van der Waals surface area contributed by atoms with Gasteiger partial charge in [0.15, 0.2) is 5.78 Å². The lowest BCUT2D eigenvalue weighted by molar-refractivity contribution is -0.119. The largest absolute Gasteiger partial charge is 0.489 e. The molecule has 0 radical (unpaired) electrons. The van der Waals surface area contributed by atoms with E-state index in [4.69, 9.17) is 16.3 Å². The molecule has 0 saturated carbocycles. The van der Waals surface area contributed by atoms with Crippen LogP contribution in [0.15, 0.2) is 72.8 Å². The summed E-state index contributed by atoms with van der Waals surface area (Å²) in [5.41, 5.74) is 3.97. The predicted molar refractivity (Wildman–Crippen MR) is 134 cm³/mol. The summed E-state index contributed by atoms with van der Waals surface area (Å²) < 4.78 is 5.66. The van der Waals surface area contributed by atoms with Crippen LogP contribution in [-0.4, -0.2) is 24.3 Å². The van der Waals surface area contributed by atoms with Crippen molar-refractivity contribution in [2.75, 3.05) is 6.54 Å². The summed E-state index contributed by atoms with van der Waals surface area (Å²) in [4.78, 5) is 24.5. The van der Waals surface area contributed by atoms with Crippen LogP contribution in [0.3, 0.4) is 0 Å². The quantitative estimate of drug-likeness (QED) is 0.356. The topological polar surface area (TPSA) is 55.4 Å². The van der Waals surface area contributed by atoms with E-state index in [0.29, 0.717) is 35.7 Å². The molecular weight excluding hydrogens is 434 g/mol. The van der Waals surface area contributed by atoms with E-state index >= 15 is 0 Å². The van der Waals surface area contributed by atoms with E-state index < -0.39 is 0 Å². The van der Waals surface area contributed by atoms with Crippen molar-refractivity contribution in [3.8, 4) is 16.9 Å². The maximum absolute atomic E-state index is 13.0. The molecule has 33 heavy (non-hydrogen) atoms. The molecule has 0 fully saturated rings. The smallest absolute Gasteiger partial charge is 0.216 e. The average molecular weight is 464 g/mol. The highest BCUT2D eigenvalue weighted by Gasteiger charge is 2.18. The molecule has 0 aromatic heterocycles. The van der Waals surface area contributed by atoms with E-state index in [9.17, 15) is 9.59 Å². The lowest BCUT2D eigenvalue weighted by Crippen LogP contribution is -2.29. The van der Waals surface area contributed by atoms with Gasteiger partial charge in [-0.1, -0.05) is 66.2 Å². The third-order valence-corrected chi connectivity index (χ3v) is 5.61. The van der Waals surface area contributed by atoms with Gasteiger partial charge in [-0.05, 0) is 61.1 Å². The second kappa shape index (κ2) is 11.7. The van der Waals surface area contributed by atoms with Gasteiger partial charge in [0.25, 0.3) is 0 Å². The van der Waals surface area contributed by atoms with Gasteiger partial charge in [0.2, 0.25) is 5.91 Å². The van der Waals surface area contributed by atoms with Gasteiger partial charge in [-0.25, -0.2) is 0 Å². The van der Waals surface area contributed by atoms with Gasteiger partial charge in [-0.15, -0.1) is 0 Å². The fraction of sp³-hybridized carbons (Fsp3) is 0.286. The zero-order valence-corrected chi connectivity index (χ0v) is 20.1. The molecule has 0 aliphatic carbocycles. The highest BCUT2D eigenvalue weighted by Crippen LogP contribution is 2.28. The molecule has 0 aliphatic heterocycles. The molecule has 3 aromatic rings. The number of Topliss-reactive ketones (excluding diaryl/α,β-unsaturated/α-hetero) is 1. The van der Waals surface area contributed by atoms with Crippen molar-refractivity contribution in [2.24, 2.45) is 5.92 Å². The van der Waals surface area contributed by atoms with Crippen molar-refractivity contribution in [3.63, 3.8) is 0 Å². The zero-order valence-electron chi connectivity index (χ0n) is 19.3. The van der Waals surface area contributed by atoms with Crippen molar-refractivity contribution < 1.29 is 14.3 Å². The predicted octanol–water partition coefficient (Wildman–Crippen LogP) is 6.36. The summed E-state index contributed by atoms with van der Waals surface area (Å²) in [6.45, 7) is 5.77. The summed E-state index contributed by atoms with van der Waals surface area (Å²) >= 11 is 6.32. The molecule has 0 spiro atoms. The SMILES string of the molecule is CC(=O)NC[C@@H](CC(=O)c1ccc(OC(C)C)c(Cl)c1)Cc1ccc(-c2ccccc2)cc1. The van der Waals surface area contributed by atoms with E-state index in [1.807, 2.05) is 32.0 Å². The number of amides is 1. The van der Waals surface area contributed by atoms with E-state index in [1.54, 1.807) is 18.2 Å². The number of rotatable bonds is 10. The van der Waals surface area contributed by atoms with Gasteiger partial charge in [0.05, 0.1) is 11.1 Å². The van der Waals surface area contributed by atoms with Crippen LogP contribution in [0.5, 0.6) is 5.75 Å². The minimum atomic E-state index is -0.106. The highest BCUT2D eigenvalue weighted by atomic mass is 35.5. The first-order valence-corrected chi connectivity index (χ1v) is 11.6. The third kappa shape index (κ3) is 7.47. The first-order valence-electron chi connectivity index (χ1n) is 11.2. The third-order valence-electron chi connectivity index (χ3n) is 5.32. The number of hydrogen-bond donors (Lipinski definition) is 1. The summed E-state index contributed by atoms with van der Waals surface area (Å²) in [5, 5.41) is 3.29. The number of benzene rings is 3. The normalized spacial score (nSPS) is 11.8. The molecule has 1 amide bonds. The number of carbonyl (C=O) groups excluding carboxylic acids is 2. The molecule has 0 bridgehead atoms.